The highest BCUT2D eigenvalue weighted by atomic mass is 35.5. The van der Waals surface area contributed by atoms with E-state index in [1.165, 1.54) is 0 Å². The number of rotatable bonds is 4. The molecule has 0 saturated carbocycles. The number of hydrazine groups is 1. The Morgan fingerprint density at radius 3 is 2.42 bits per heavy atom. The van der Waals surface area contributed by atoms with E-state index in [1.54, 1.807) is 18.2 Å². The molecule has 1 aliphatic rings. The summed E-state index contributed by atoms with van der Waals surface area (Å²) < 4.78 is 7.26. The Labute approximate surface area is 205 Å². The van der Waals surface area contributed by atoms with Gasteiger partial charge < -0.3 is 4.74 Å². The van der Waals surface area contributed by atoms with Gasteiger partial charge in [0.05, 0.1) is 35.2 Å². The van der Waals surface area contributed by atoms with E-state index >= 15 is 0 Å². The summed E-state index contributed by atoms with van der Waals surface area (Å²) in [5, 5.41) is 3.49. The van der Waals surface area contributed by atoms with Gasteiger partial charge in [0.25, 0.3) is 5.91 Å². The van der Waals surface area contributed by atoms with E-state index in [9.17, 15) is 4.79 Å². The molecule has 0 unspecified atom stereocenters. The van der Waals surface area contributed by atoms with Gasteiger partial charge in [0, 0.05) is 40.5 Å². The number of halogens is 3. The minimum atomic E-state index is -0.232. The smallest absolute Gasteiger partial charge is 0.269 e. The van der Waals surface area contributed by atoms with Crippen LogP contribution in [0.5, 0.6) is 0 Å². The third-order valence-electron chi connectivity index (χ3n) is 5.47. The van der Waals surface area contributed by atoms with Crippen LogP contribution in [0.1, 0.15) is 10.4 Å². The Bertz CT molecular complexity index is 1330. The highest BCUT2D eigenvalue weighted by molar-refractivity contribution is 6.36. The third kappa shape index (κ3) is 4.45. The summed E-state index contributed by atoms with van der Waals surface area (Å²) in [6.07, 6.45) is 1.88. The van der Waals surface area contributed by atoms with Crippen molar-refractivity contribution in [1.29, 1.82) is 0 Å². The summed E-state index contributed by atoms with van der Waals surface area (Å²) in [5.74, 6) is -0.232. The van der Waals surface area contributed by atoms with E-state index in [1.807, 2.05) is 52.0 Å². The van der Waals surface area contributed by atoms with Crippen LogP contribution in [0.25, 0.3) is 28.2 Å². The van der Waals surface area contributed by atoms with Gasteiger partial charge in [0.15, 0.2) is 5.65 Å². The minimum Gasteiger partial charge on any atom is -0.379 e. The maximum atomic E-state index is 13.2. The number of pyridine rings is 1. The van der Waals surface area contributed by atoms with Gasteiger partial charge in [0.1, 0.15) is 0 Å². The van der Waals surface area contributed by atoms with Gasteiger partial charge in [-0.25, -0.2) is 9.99 Å². The molecular formula is C24H19Cl3N4O2. The van der Waals surface area contributed by atoms with Crippen LogP contribution < -0.4 is 5.43 Å². The van der Waals surface area contributed by atoms with Crippen LogP contribution in [0.4, 0.5) is 0 Å². The Morgan fingerprint density at radius 1 is 0.970 bits per heavy atom. The van der Waals surface area contributed by atoms with Gasteiger partial charge >= 0.3 is 0 Å². The molecule has 9 heteroatoms. The molecule has 3 heterocycles. The number of hydrogen-bond acceptors (Lipinski definition) is 4. The molecule has 4 aromatic rings. The lowest BCUT2D eigenvalue weighted by Gasteiger charge is -2.26. The van der Waals surface area contributed by atoms with E-state index in [0.717, 1.165) is 11.3 Å². The topological polar surface area (TPSA) is 58.9 Å². The van der Waals surface area contributed by atoms with Crippen LogP contribution in [-0.4, -0.2) is 46.6 Å². The monoisotopic (exact) mass is 500 g/mol. The molecule has 2 aromatic heterocycles. The lowest BCUT2D eigenvalue weighted by molar-refractivity contribution is 0.0126. The fraction of sp³-hybridized carbons (Fsp3) is 0.167. The fourth-order valence-corrected chi connectivity index (χ4v) is 4.50. The summed E-state index contributed by atoms with van der Waals surface area (Å²) >= 11 is 18.8. The average Bonchev–Trinajstić information content (AvgIpc) is 3.19. The number of nitrogens with zero attached hydrogens (tertiary/aromatic N) is 3. The molecule has 1 amide bonds. The zero-order valence-electron chi connectivity index (χ0n) is 17.4. The number of carbonyl (C=O) groups is 1. The van der Waals surface area contributed by atoms with Crippen molar-refractivity contribution in [2.24, 2.45) is 0 Å². The molecule has 0 spiro atoms. The van der Waals surface area contributed by atoms with E-state index in [-0.39, 0.29) is 5.91 Å². The van der Waals surface area contributed by atoms with Crippen molar-refractivity contribution in [2.45, 2.75) is 0 Å². The van der Waals surface area contributed by atoms with E-state index in [2.05, 4.69) is 5.43 Å². The van der Waals surface area contributed by atoms with Crippen molar-refractivity contribution >= 4 is 46.4 Å². The molecule has 2 aromatic carbocycles. The molecule has 1 aliphatic heterocycles. The molecule has 1 N–H and O–H groups in total. The molecule has 168 valence electrons. The number of amides is 1. The number of morpholine rings is 1. The zero-order chi connectivity index (χ0) is 22.9. The van der Waals surface area contributed by atoms with Crippen molar-refractivity contribution in [3.05, 3.63) is 81.4 Å². The van der Waals surface area contributed by atoms with Crippen LogP contribution in [0.15, 0.2) is 60.8 Å². The van der Waals surface area contributed by atoms with Crippen molar-refractivity contribution in [3.63, 3.8) is 0 Å². The van der Waals surface area contributed by atoms with Gasteiger partial charge in [-0.05, 0) is 42.5 Å². The lowest BCUT2D eigenvalue weighted by Crippen LogP contribution is -2.48. The van der Waals surface area contributed by atoms with Crippen LogP contribution in [0.3, 0.4) is 0 Å². The number of carbonyl (C=O) groups excluding carboxylic acids is 1. The van der Waals surface area contributed by atoms with Crippen molar-refractivity contribution in [3.8, 4) is 22.5 Å². The Balaban J connectivity index is 1.68. The van der Waals surface area contributed by atoms with E-state index in [0.29, 0.717) is 63.8 Å². The van der Waals surface area contributed by atoms with Crippen LogP contribution in [0.2, 0.25) is 15.1 Å². The largest absolute Gasteiger partial charge is 0.379 e. The normalized spacial score (nSPS) is 14.5. The quantitative estimate of drug-likeness (QED) is 0.395. The van der Waals surface area contributed by atoms with Crippen LogP contribution in [0, 0.1) is 0 Å². The second-order valence-corrected chi connectivity index (χ2v) is 8.88. The molecular weight excluding hydrogens is 483 g/mol. The molecule has 0 bridgehead atoms. The zero-order valence-corrected chi connectivity index (χ0v) is 19.7. The Morgan fingerprint density at radius 2 is 1.70 bits per heavy atom. The number of nitrogens with one attached hydrogen (secondary N) is 1. The molecule has 0 atom stereocenters. The van der Waals surface area contributed by atoms with Crippen LogP contribution >= 0.6 is 34.8 Å². The predicted octanol–water partition coefficient (Wildman–Crippen LogP) is 5.61. The van der Waals surface area contributed by atoms with Gasteiger partial charge in [-0.2, -0.15) is 0 Å². The summed E-state index contributed by atoms with van der Waals surface area (Å²) in [5.41, 5.74) is 6.99. The number of fused-ring (bicyclic) bond motifs is 1. The van der Waals surface area contributed by atoms with Gasteiger partial charge in [-0.3, -0.25) is 14.6 Å². The number of ether oxygens (including phenoxy) is 1. The lowest BCUT2D eigenvalue weighted by atomic mass is 10.0. The number of aromatic nitrogens is 2. The molecule has 1 saturated heterocycles. The second kappa shape index (κ2) is 9.33. The SMILES string of the molecule is O=C(NN1CCOCC1)c1cccn2c(-c3ccc(Cl)cc3)c(-c3ccc(Cl)cc3Cl)nc12. The molecule has 0 aliphatic carbocycles. The Kier molecular flexibility index (Phi) is 6.27. The first-order chi connectivity index (χ1) is 16.0. The minimum absolute atomic E-state index is 0.232. The Hall–Kier alpha value is -2.61. The van der Waals surface area contributed by atoms with Gasteiger partial charge in [-0.15, -0.1) is 0 Å². The summed E-state index contributed by atoms with van der Waals surface area (Å²) in [7, 11) is 0. The van der Waals surface area contributed by atoms with Crippen molar-refractivity contribution < 1.29 is 9.53 Å². The number of benzene rings is 2. The first-order valence-electron chi connectivity index (χ1n) is 10.4. The fourth-order valence-electron chi connectivity index (χ4n) is 3.88. The standard InChI is InChI=1S/C24H19Cl3N4O2/c25-16-5-3-15(4-6-16)22-21(18-8-7-17(26)14-20(18)27)28-23-19(2-1-9-31(22)23)24(32)29-30-10-12-33-13-11-30/h1-9,14H,10-13H2,(H,29,32). The molecule has 33 heavy (non-hydrogen) atoms. The average molecular weight is 502 g/mol. The highest BCUT2D eigenvalue weighted by Gasteiger charge is 2.23. The summed E-state index contributed by atoms with van der Waals surface area (Å²) in [6, 6.07) is 16.3. The summed E-state index contributed by atoms with van der Waals surface area (Å²) in [6.45, 7) is 2.41. The first kappa shape index (κ1) is 22.2. The van der Waals surface area contributed by atoms with Crippen LogP contribution in [-0.2, 0) is 4.74 Å². The van der Waals surface area contributed by atoms with E-state index < -0.39 is 0 Å². The maximum absolute atomic E-state index is 13.2. The number of imidazole rings is 1. The van der Waals surface area contributed by atoms with Crippen molar-refractivity contribution in [2.75, 3.05) is 26.3 Å². The van der Waals surface area contributed by atoms with Gasteiger partial charge in [-0.1, -0.05) is 46.9 Å². The highest BCUT2D eigenvalue weighted by Crippen LogP contribution is 2.38. The van der Waals surface area contributed by atoms with Crippen molar-refractivity contribution in [1.82, 2.24) is 19.8 Å². The van der Waals surface area contributed by atoms with E-state index in [4.69, 9.17) is 44.5 Å². The number of hydrogen-bond donors (Lipinski definition) is 1. The predicted molar refractivity (Wildman–Crippen MR) is 131 cm³/mol. The third-order valence-corrected chi connectivity index (χ3v) is 6.27. The molecule has 1 fully saturated rings. The maximum Gasteiger partial charge on any atom is 0.269 e. The molecule has 5 rings (SSSR count). The first-order valence-corrected chi connectivity index (χ1v) is 11.5. The second-order valence-electron chi connectivity index (χ2n) is 7.60. The summed E-state index contributed by atoms with van der Waals surface area (Å²) in [4.78, 5) is 18.1. The molecule has 0 radical (unpaired) electrons. The molecule has 6 nitrogen and oxygen atoms in total. The van der Waals surface area contributed by atoms with Gasteiger partial charge in [0.2, 0.25) is 0 Å².